The molecule has 1 amide bonds. The van der Waals surface area contributed by atoms with Crippen molar-refractivity contribution < 1.29 is 9.21 Å². The first-order chi connectivity index (χ1) is 10.3. The van der Waals surface area contributed by atoms with Crippen LogP contribution in [0.25, 0.3) is 0 Å². The molecule has 0 unspecified atom stereocenters. The molecule has 0 bridgehead atoms. The SMILES string of the molecule is O=C(c1cccnc1)N(Cc1ccsc1)Cc1ccco1. The molecule has 0 aromatic carbocycles. The van der Waals surface area contributed by atoms with Crippen molar-refractivity contribution in [3.8, 4) is 0 Å². The van der Waals surface area contributed by atoms with E-state index in [1.54, 1.807) is 47.0 Å². The third-order valence-corrected chi connectivity index (χ3v) is 3.81. The van der Waals surface area contributed by atoms with Gasteiger partial charge in [0.15, 0.2) is 0 Å². The number of furan rings is 1. The molecule has 0 aliphatic rings. The molecule has 0 radical (unpaired) electrons. The maximum absolute atomic E-state index is 12.6. The Kier molecular flexibility index (Phi) is 4.12. The Morgan fingerprint density at radius 1 is 1.24 bits per heavy atom. The van der Waals surface area contributed by atoms with Crippen LogP contribution in [0.1, 0.15) is 21.7 Å². The second-order valence-corrected chi connectivity index (χ2v) is 5.39. The largest absolute Gasteiger partial charge is 0.467 e. The molecule has 4 nitrogen and oxygen atoms in total. The molecule has 3 rings (SSSR count). The summed E-state index contributed by atoms with van der Waals surface area (Å²) in [7, 11) is 0. The first-order valence-corrected chi connectivity index (χ1v) is 7.50. The van der Waals surface area contributed by atoms with E-state index in [1.807, 2.05) is 29.0 Å². The molecule has 0 saturated carbocycles. The zero-order valence-corrected chi connectivity index (χ0v) is 12.1. The first kappa shape index (κ1) is 13.6. The number of aromatic nitrogens is 1. The lowest BCUT2D eigenvalue weighted by Crippen LogP contribution is -2.29. The summed E-state index contributed by atoms with van der Waals surface area (Å²) >= 11 is 1.62. The molecule has 0 saturated heterocycles. The highest BCUT2D eigenvalue weighted by Crippen LogP contribution is 2.15. The monoisotopic (exact) mass is 298 g/mol. The Bertz CT molecular complexity index is 642. The third kappa shape index (κ3) is 3.38. The summed E-state index contributed by atoms with van der Waals surface area (Å²) in [6, 6.07) is 9.26. The fourth-order valence-corrected chi connectivity index (χ4v) is 2.72. The van der Waals surface area contributed by atoms with Crippen molar-refractivity contribution in [2.75, 3.05) is 0 Å². The van der Waals surface area contributed by atoms with Gasteiger partial charge in [-0.15, -0.1) is 0 Å². The van der Waals surface area contributed by atoms with Gasteiger partial charge in [0.2, 0.25) is 0 Å². The fourth-order valence-electron chi connectivity index (χ4n) is 2.07. The van der Waals surface area contributed by atoms with Crippen LogP contribution >= 0.6 is 11.3 Å². The number of thiophene rings is 1. The standard InChI is InChI=1S/C16H14N2O2S/c19-16(14-3-1-6-17-9-14)18(10-13-5-8-21-12-13)11-15-4-2-7-20-15/h1-9,12H,10-11H2. The molecule has 3 aromatic heterocycles. The van der Waals surface area contributed by atoms with Crippen LogP contribution in [0.2, 0.25) is 0 Å². The van der Waals surface area contributed by atoms with Gasteiger partial charge in [0.1, 0.15) is 5.76 Å². The van der Waals surface area contributed by atoms with Gasteiger partial charge in [-0.1, -0.05) is 0 Å². The second kappa shape index (κ2) is 6.37. The normalized spacial score (nSPS) is 10.5. The minimum Gasteiger partial charge on any atom is -0.467 e. The number of hydrogen-bond acceptors (Lipinski definition) is 4. The fraction of sp³-hybridized carbons (Fsp3) is 0.125. The van der Waals surface area contributed by atoms with Crippen LogP contribution < -0.4 is 0 Å². The Morgan fingerprint density at radius 2 is 2.19 bits per heavy atom. The van der Waals surface area contributed by atoms with Crippen LogP contribution in [0.15, 0.2) is 64.2 Å². The Morgan fingerprint density at radius 3 is 2.86 bits per heavy atom. The van der Waals surface area contributed by atoms with Crippen molar-refractivity contribution in [3.63, 3.8) is 0 Å². The molecule has 0 N–H and O–H groups in total. The molecule has 5 heteroatoms. The zero-order chi connectivity index (χ0) is 14.5. The quantitative estimate of drug-likeness (QED) is 0.723. The number of carbonyl (C=O) groups is 1. The van der Waals surface area contributed by atoms with Crippen LogP contribution in [0.3, 0.4) is 0 Å². The van der Waals surface area contributed by atoms with E-state index in [-0.39, 0.29) is 5.91 Å². The maximum Gasteiger partial charge on any atom is 0.256 e. The zero-order valence-electron chi connectivity index (χ0n) is 11.3. The van der Waals surface area contributed by atoms with Crippen molar-refractivity contribution in [2.24, 2.45) is 0 Å². The van der Waals surface area contributed by atoms with Gasteiger partial charge in [-0.3, -0.25) is 9.78 Å². The lowest BCUT2D eigenvalue weighted by Gasteiger charge is -2.21. The van der Waals surface area contributed by atoms with Gasteiger partial charge in [0, 0.05) is 18.9 Å². The summed E-state index contributed by atoms with van der Waals surface area (Å²) in [5.74, 6) is 0.716. The number of hydrogen-bond donors (Lipinski definition) is 0. The number of pyridine rings is 1. The molecule has 3 heterocycles. The predicted molar refractivity (Wildman–Crippen MR) is 80.8 cm³/mol. The summed E-state index contributed by atoms with van der Waals surface area (Å²) in [5.41, 5.74) is 1.70. The van der Waals surface area contributed by atoms with Crippen molar-refractivity contribution in [1.82, 2.24) is 9.88 Å². The molecule has 0 atom stereocenters. The smallest absolute Gasteiger partial charge is 0.256 e. The van der Waals surface area contributed by atoms with Crippen LogP contribution in [-0.2, 0) is 13.1 Å². The topological polar surface area (TPSA) is 46.3 Å². The summed E-state index contributed by atoms with van der Waals surface area (Å²) in [6.07, 6.45) is 4.87. The van der Waals surface area contributed by atoms with E-state index >= 15 is 0 Å². The molecule has 21 heavy (non-hydrogen) atoms. The van der Waals surface area contributed by atoms with Gasteiger partial charge in [0.05, 0.1) is 18.4 Å². The molecule has 0 fully saturated rings. The molecule has 0 aliphatic carbocycles. The van der Waals surface area contributed by atoms with Crippen molar-refractivity contribution in [1.29, 1.82) is 0 Å². The maximum atomic E-state index is 12.6. The average molecular weight is 298 g/mol. The Balaban J connectivity index is 1.82. The van der Waals surface area contributed by atoms with E-state index < -0.39 is 0 Å². The molecular weight excluding hydrogens is 284 g/mol. The van der Waals surface area contributed by atoms with Gasteiger partial charge in [-0.25, -0.2) is 0 Å². The van der Waals surface area contributed by atoms with Gasteiger partial charge >= 0.3 is 0 Å². The van der Waals surface area contributed by atoms with Crippen molar-refractivity contribution >= 4 is 17.2 Å². The first-order valence-electron chi connectivity index (χ1n) is 6.55. The van der Waals surface area contributed by atoms with E-state index in [9.17, 15) is 4.79 Å². The minimum atomic E-state index is -0.0503. The van der Waals surface area contributed by atoms with Crippen molar-refractivity contribution in [3.05, 3.63) is 76.6 Å². The molecule has 0 aliphatic heterocycles. The summed E-state index contributed by atoms with van der Waals surface area (Å²) in [4.78, 5) is 18.4. The van der Waals surface area contributed by atoms with Crippen LogP contribution in [0, 0.1) is 0 Å². The summed E-state index contributed by atoms with van der Waals surface area (Å²) in [6.45, 7) is 0.995. The van der Waals surface area contributed by atoms with E-state index in [0.717, 1.165) is 11.3 Å². The van der Waals surface area contributed by atoms with Gasteiger partial charge in [-0.2, -0.15) is 11.3 Å². The van der Waals surface area contributed by atoms with Gasteiger partial charge in [0.25, 0.3) is 5.91 Å². The Labute approximate surface area is 126 Å². The number of rotatable bonds is 5. The van der Waals surface area contributed by atoms with Crippen LogP contribution in [-0.4, -0.2) is 15.8 Å². The van der Waals surface area contributed by atoms with E-state index in [4.69, 9.17) is 4.42 Å². The highest BCUT2D eigenvalue weighted by molar-refractivity contribution is 7.07. The molecular formula is C16H14N2O2S. The molecule has 0 spiro atoms. The number of carbonyl (C=O) groups excluding carboxylic acids is 1. The third-order valence-electron chi connectivity index (χ3n) is 3.08. The number of amides is 1. The Hall–Kier alpha value is -2.40. The second-order valence-electron chi connectivity index (χ2n) is 4.61. The van der Waals surface area contributed by atoms with E-state index in [2.05, 4.69) is 4.98 Å². The van der Waals surface area contributed by atoms with Crippen LogP contribution in [0.4, 0.5) is 0 Å². The van der Waals surface area contributed by atoms with Gasteiger partial charge < -0.3 is 9.32 Å². The summed E-state index contributed by atoms with van der Waals surface area (Å²) in [5, 5.41) is 4.06. The molecule has 3 aromatic rings. The lowest BCUT2D eigenvalue weighted by molar-refractivity contribution is 0.0717. The highest BCUT2D eigenvalue weighted by Gasteiger charge is 2.18. The van der Waals surface area contributed by atoms with Crippen LogP contribution in [0.5, 0.6) is 0 Å². The van der Waals surface area contributed by atoms with E-state index in [0.29, 0.717) is 18.7 Å². The van der Waals surface area contributed by atoms with E-state index in [1.165, 1.54) is 0 Å². The average Bonchev–Trinajstić information content (AvgIpc) is 3.20. The molecule has 106 valence electrons. The van der Waals surface area contributed by atoms with Gasteiger partial charge in [-0.05, 0) is 46.7 Å². The van der Waals surface area contributed by atoms with Crippen molar-refractivity contribution in [2.45, 2.75) is 13.1 Å². The summed E-state index contributed by atoms with van der Waals surface area (Å²) < 4.78 is 5.36. The predicted octanol–water partition coefficient (Wildman–Crippen LogP) is 3.58. The highest BCUT2D eigenvalue weighted by atomic mass is 32.1. The minimum absolute atomic E-state index is 0.0503. The number of nitrogens with zero attached hydrogens (tertiary/aromatic N) is 2. The lowest BCUT2D eigenvalue weighted by atomic mass is 10.2.